The number of nitrogens with zero attached hydrogens (tertiary/aromatic N) is 2. The van der Waals surface area contributed by atoms with Gasteiger partial charge in [0.15, 0.2) is 9.84 Å². The molecule has 1 N–H and O–H groups in total. The van der Waals surface area contributed by atoms with Crippen LogP contribution in [0.15, 0.2) is 41.4 Å². The van der Waals surface area contributed by atoms with Gasteiger partial charge in [-0.1, -0.05) is 6.07 Å². The van der Waals surface area contributed by atoms with Crippen molar-refractivity contribution in [2.75, 3.05) is 5.75 Å². The van der Waals surface area contributed by atoms with E-state index in [1.165, 1.54) is 24.3 Å². The molecule has 0 aliphatic heterocycles. The van der Waals surface area contributed by atoms with Crippen LogP contribution in [0.25, 0.3) is 0 Å². The van der Waals surface area contributed by atoms with Gasteiger partial charge in [0.2, 0.25) is 0 Å². The van der Waals surface area contributed by atoms with Crippen LogP contribution in [0.1, 0.15) is 16.1 Å². The smallest absolute Gasteiger partial charge is 0.335 e. The molecule has 2 aromatic rings. The second kappa shape index (κ2) is 5.46. The van der Waals surface area contributed by atoms with Crippen molar-refractivity contribution in [3.8, 4) is 0 Å². The van der Waals surface area contributed by atoms with E-state index in [-0.39, 0.29) is 16.2 Å². The van der Waals surface area contributed by atoms with Crippen molar-refractivity contribution in [2.45, 2.75) is 11.3 Å². The van der Waals surface area contributed by atoms with Gasteiger partial charge in [-0.05, 0) is 24.3 Å². The van der Waals surface area contributed by atoms with Crippen molar-refractivity contribution in [1.29, 1.82) is 0 Å². The van der Waals surface area contributed by atoms with E-state index in [4.69, 9.17) is 5.11 Å². The van der Waals surface area contributed by atoms with Crippen LogP contribution in [0.2, 0.25) is 0 Å². The molecule has 0 atom stereocenters. The molecule has 0 saturated carbocycles. The SMILES string of the molecule is Cn1nccc1CCS(=O)(=O)c1cccc(C(=O)O)c1. The summed E-state index contributed by atoms with van der Waals surface area (Å²) in [5.74, 6) is -1.23. The maximum Gasteiger partial charge on any atom is 0.335 e. The van der Waals surface area contributed by atoms with Crippen LogP contribution in [0.3, 0.4) is 0 Å². The summed E-state index contributed by atoms with van der Waals surface area (Å²) < 4.78 is 26.0. The predicted molar refractivity (Wildman–Crippen MR) is 72.4 cm³/mol. The van der Waals surface area contributed by atoms with Crippen molar-refractivity contribution in [3.63, 3.8) is 0 Å². The Labute approximate surface area is 116 Å². The van der Waals surface area contributed by atoms with Crippen LogP contribution in [-0.2, 0) is 23.3 Å². The highest BCUT2D eigenvalue weighted by atomic mass is 32.2. The van der Waals surface area contributed by atoms with Crippen LogP contribution >= 0.6 is 0 Å². The molecule has 2 rings (SSSR count). The number of carboxylic acids is 1. The standard InChI is InChI=1S/C13H14N2O4S/c1-15-11(5-7-14-15)6-8-20(18,19)12-4-2-3-10(9-12)13(16)17/h2-5,7,9H,6,8H2,1H3,(H,16,17). The van der Waals surface area contributed by atoms with Gasteiger partial charge in [-0.15, -0.1) is 0 Å². The van der Waals surface area contributed by atoms with Crippen molar-refractivity contribution < 1.29 is 18.3 Å². The van der Waals surface area contributed by atoms with Gasteiger partial charge >= 0.3 is 5.97 Å². The first-order valence-electron chi connectivity index (χ1n) is 5.93. The molecule has 0 amide bonds. The number of rotatable bonds is 5. The van der Waals surface area contributed by atoms with Gasteiger partial charge in [-0.25, -0.2) is 13.2 Å². The van der Waals surface area contributed by atoms with E-state index in [1.807, 2.05) is 0 Å². The quantitative estimate of drug-likeness (QED) is 0.893. The van der Waals surface area contributed by atoms with Gasteiger partial charge in [0.25, 0.3) is 0 Å². The molecule has 1 aromatic carbocycles. The number of hydrogen-bond donors (Lipinski definition) is 1. The minimum Gasteiger partial charge on any atom is -0.478 e. The number of carboxylic acid groups (broad SMARTS) is 1. The van der Waals surface area contributed by atoms with E-state index in [9.17, 15) is 13.2 Å². The first-order valence-corrected chi connectivity index (χ1v) is 7.58. The number of carbonyl (C=O) groups is 1. The molecule has 0 bridgehead atoms. The number of aryl methyl sites for hydroxylation is 2. The lowest BCUT2D eigenvalue weighted by molar-refractivity contribution is 0.0696. The molecule has 0 radical (unpaired) electrons. The summed E-state index contributed by atoms with van der Waals surface area (Å²) in [7, 11) is -1.77. The summed E-state index contributed by atoms with van der Waals surface area (Å²) in [5.41, 5.74) is 0.773. The van der Waals surface area contributed by atoms with Crippen LogP contribution in [-0.4, -0.2) is 35.0 Å². The number of sulfone groups is 1. The molecular weight excluding hydrogens is 280 g/mol. The lowest BCUT2D eigenvalue weighted by atomic mass is 10.2. The van der Waals surface area contributed by atoms with Gasteiger partial charge in [0, 0.05) is 25.4 Å². The Bertz CT molecular complexity index is 734. The maximum atomic E-state index is 12.2. The maximum absolute atomic E-state index is 12.2. The fourth-order valence-electron chi connectivity index (χ4n) is 1.83. The minimum absolute atomic E-state index is 0.0274. The number of benzene rings is 1. The van der Waals surface area contributed by atoms with E-state index in [0.29, 0.717) is 6.42 Å². The average molecular weight is 294 g/mol. The van der Waals surface area contributed by atoms with Gasteiger partial charge in [-0.3, -0.25) is 4.68 Å². The highest BCUT2D eigenvalue weighted by Crippen LogP contribution is 2.15. The summed E-state index contributed by atoms with van der Waals surface area (Å²) in [6.45, 7) is 0. The molecule has 7 heteroatoms. The van der Waals surface area contributed by atoms with E-state index < -0.39 is 15.8 Å². The highest BCUT2D eigenvalue weighted by molar-refractivity contribution is 7.91. The second-order valence-electron chi connectivity index (χ2n) is 4.35. The van der Waals surface area contributed by atoms with Crippen LogP contribution in [0.4, 0.5) is 0 Å². The zero-order valence-corrected chi connectivity index (χ0v) is 11.7. The normalized spacial score (nSPS) is 11.4. The molecule has 0 fully saturated rings. The molecule has 106 valence electrons. The third kappa shape index (κ3) is 3.05. The lowest BCUT2D eigenvalue weighted by Gasteiger charge is -2.06. The summed E-state index contributed by atoms with van der Waals surface area (Å²) >= 11 is 0. The van der Waals surface area contributed by atoms with Crippen LogP contribution in [0.5, 0.6) is 0 Å². The van der Waals surface area contributed by atoms with E-state index in [0.717, 1.165) is 5.69 Å². The molecule has 1 aromatic heterocycles. The molecule has 0 unspecified atom stereocenters. The molecule has 0 aliphatic carbocycles. The molecule has 0 spiro atoms. The Morgan fingerprint density at radius 2 is 2.10 bits per heavy atom. The topological polar surface area (TPSA) is 89.3 Å². The molecule has 20 heavy (non-hydrogen) atoms. The molecule has 0 saturated heterocycles. The van der Waals surface area contributed by atoms with Gasteiger partial charge in [0.1, 0.15) is 0 Å². The lowest BCUT2D eigenvalue weighted by Crippen LogP contribution is -2.12. The monoisotopic (exact) mass is 294 g/mol. The molecular formula is C13H14N2O4S. The van der Waals surface area contributed by atoms with E-state index >= 15 is 0 Å². The van der Waals surface area contributed by atoms with Gasteiger partial charge in [0.05, 0.1) is 16.2 Å². The first kappa shape index (κ1) is 14.3. The Hall–Kier alpha value is -2.15. The van der Waals surface area contributed by atoms with Crippen molar-refractivity contribution in [1.82, 2.24) is 9.78 Å². The van der Waals surface area contributed by atoms with Crippen molar-refractivity contribution in [2.24, 2.45) is 7.05 Å². The average Bonchev–Trinajstić information content (AvgIpc) is 2.82. The minimum atomic E-state index is -3.51. The Kier molecular flexibility index (Phi) is 3.89. The van der Waals surface area contributed by atoms with E-state index in [1.54, 1.807) is 24.0 Å². The summed E-state index contributed by atoms with van der Waals surface area (Å²) in [5, 5.41) is 12.9. The molecule has 6 nitrogen and oxygen atoms in total. The van der Waals surface area contributed by atoms with Crippen LogP contribution in [0, 0.1) is 0 Å². The van der Waals surface area contributed by atoms with Gasteiger partial charge < -0.3 is 5.11 Å². The summed E-state index contributed by atoms with van der Waals surface area (Å²) in [6.07, 6.45) is 1.93. The van der Waals surface area contributed by atoms with Gasteiger partial charge in [-0.2, -0.15) is 5.10 Å². The Morgan fingerprint density at radius 1 is 1.35 bits per heavy atom. The van der Waals surface area contributed by atoms with Crippen molar-refractivity contribution in [3.05, 3.63) is 47.8 Å². The second-order valence-corrected chi connectivity index (χ2v) is 6.46. The zero-order valence-electron chi connectivity index (χ0n) is 10.9. The largest absolute Gasteiger partial charge is 0.478 e. The Morgan fingerprint density at radius 3 is 2.70 bits per heavy atom. The molecule has 0 aliphatic rings. The number of aromatic nitrogens is 2. The van der Waals surface area contributed by atoms with E-state index in [2.05, 4.69) is 5.10 Å². The number of hydrogen-bond acceptors (Lipinski definition) is 4. The fourth-order valence-corrected chi connectivity index (χ4v) is 3.13. The number of aromatic carboxylic acids is 1. The first-order chi connectivity index (χ1) is 9.40. The summed E-state index contributed by atoms with van der Waals surface area (Å²) in [6, 6.07) is 7.14. The van der Waals surface area contributed by atoms with Crippen molar-refractivity contribution >= 4 is 15.8 Å². The third-order valence-electron chi connectivity index (χ3n) is 2.99. The molecule has 1 heterocycles. The summed E-state index contributed by atoms with van der Waals surface area (Å²) in [4.78, 5) is 10.9. The Balaban J connectivity index is 2.20. The zero-order chi connectivity index (χ0) is 14.8. The predicted octanol–water partition coefficient (Wildman–Crippen LogP) is 1.13. The third-order valence-corrected chi connectivity index (χ3v) is 4.70. The fraction of sp³-hybridized carbons (Fsp3) is 0.231. The highest BCUT2D eigenvalue weighted by Gasteiger charge is 2.17. The van der Waals surface area contributed by atoms with Crippen LogP contribution < -0.4 is 0 Å².